The van der Waals surface area contributed by atoms with Crippen molar-refractivity contribution in [2.24, 2.45) is 0 Å². The van der Waals surface area contributed by atoms with E-state index in [4.69, 9.17) is 37.1 Å². The molecule has 4 heterocycles. The zero-order valence-corrected chi connectivity index (χ0v) is 20.6. The first-order valence-corrected chi connectivity index (χ1v) is 12.5. The summed E-state index contributed by atoms with van der Waals surface area (Å²) in [5, 5.41) is 9.74. The molecule has 7 nitrogen and oxygen atoms in total. The van der Waals surface area contributed by atoms with Crippen molar-refractivity contribution in [1.29, 1.82) is 0 Å². The Morgan fingerprint density at radius 2 is 1.91 bits per heavy atom. The molecule has 0 aliphatic carbocycles. The molecule has 0 N–H and O–H groups in total. The number of hydrogen-bond acceptors (Lipinski definition) is 8. The molecule has 0 amide bonds. The van der Waals surface area contributed by atoms with Crippen molar-refractivity contribution in [3.8, 4) is 33.0 Å². The predicted molar refractivity (Wildman–Crippen MR) is 135 cm³/mol. The van der Waals surface area contributed by atoms with Gasteiger partial charge < -0.3 is 13.9 Å². The minimum Gasteiger partial charge on any atom is -0.486 e. The van der Waals surface area contributed by atoms with Crippen LogP contribution in [-0.4, -0.2) is 26.7 Å². The van der Waals surface area contributed by atoms with Gasteiger partial charge in [-0.25, -0.2) is 14.5 Å². The number of benzene rings is 2. The third kappa shape index (κ3) is 4.01. The first-order chi connectivity index (χ1) is 16.6. The topological polar surface area (TPSA) is 74.7 Å². The van der Waals surface area contributed by atoms with E-state index in [1.165, 1.54) is 11.3 Å². The lowest BCUT2D eigenvalue weighted by Gasteiger charge is -2.06. The maximum Gasteiger partial charge on any atom is 0.294 e. The average Bonchev–Trinajstić information content (AvgIpc) is 3.59. The monoisotopic (exact) mass is 528 g/mol. The van der Waals surface area contributed by atoms with Gasteiger partial charge in [0, 0.05) is 27.1 Å². The Balaban J connectivity index is 1.27. The Morgan fingerprint density at radius 3 is 2.71 bits per heavy atom. The summed E-state index contributed by atoms with van der Waals surface area (Å²) in [7, 11) is 1.58. The average molecular weight is 529 g/mol. The molecule has 0 radical (unpaired) electrons. The highest BCUT2D eigenvalue weighted by Gasteiger charge is 2.17. The van der Waals surface area contributed by atoms with Gasteiger partial charge in [-0.05, 0) is 35.6 Å². The molecule has 0 bridgehead atoms. The Hall–Kier alpha value is -3.11. The van der Waals surface area contributed by atoms with Crippen LogP contribution in [0, 0.1) is 0 Å². The van der Waals surface area contributed by atoms with E-state index in [9.17, 15) is 0 Å². The number of rotatable bonds is 6. The summed E-state index contributed by atoms with van der Waals surface area (Å²) in [6, 6.07) is 13.0. The zero-order valence-electron chi connectivity index (χ0n) is 17.5. The van der Waals surface area contributed by atoms with E-state index in [1.807, 2.05) is 35.7 Å². The molecule has 11 heteroatoms. The van der Waals surface area contributed by atoms with Crippen molar-refractivity contribution in [1.82, 2.24) is 19.6 Å². The van der Waals surface area contributed by atoms with Crippen LogP contribution in [0.15, 0.2) is 58.5 Å². The molecule has 4 aromatic heterocycles. The first-order valence-electron chi connectivity index (χ1n) is 10.0. The number of ether oxygens (including phenoxy) is 2. The summed E-state index contributed by atoms with van der Waals surface area (Å²) < 4.78 is 19.0. The van der Waals surface area contributed by atoms with Gasteiger partial charge in [0.15, 0.2) is 5.76 Å². The summed E-state index contributed by atoms with van der Waals surface area (Å²) >= 11 is 15.2. The number of imidazole rings is 1. The Bertz CT molecular complexity index is 1600. The van der Waals surface area contributed by atoms with Crippen LogP contribution in [0.2, 0.25) is 10.0 Å². The number of furan rings is 1. The lowest BCUT2D eigenvalue weighted by atomic mass is 10.2. The van der Waals surface area contributed by atoms with Crippen molar-refractivity contribution < 1.29 is 13.9 Å². The van der Waals surface area contributed by atoms with Gasteiger partial charge in [0.25, 0.3) is 5.19 Å². The fourth-order valence-corrected chi connectivity index (χ4v) is 5.29. The Labute approximate surface area is 211 Å². The fourth-order valence-electron chi connectivity index (χ4n) is 3.45. The second-order valence-corrected chi connectivity index (χ2v) is 9.94. The molecule has 170 valence electrons. The molecule has 0 atom stereocenters. The molecule has 0 saturated carbocycles. The standard InChI is InChI=1S/C23H14Cl2N4O3S2/c1-30-23-28-29-9-17(27-22(29)34-23)20-8-16-18(6-14(25)7-19(16)32-20)31-10-15-11-33-21(26-15)12-2-4-13(24)5-3-12/h2-9,11H,10H2,1H3. The smallest absolute Gasteiger partial charge is 0.294 e. The molecule has 0 spiro atoms. The SMILES string of the molecule is COc1nn2cc(-c3cc4c(OCc5csc(-c6ccc(Cl)cc6)n5)cc(Cl)cc4o3)nc2s1. The van der Waals surface area contributed by atoms with E-state index in [0.717, 1.165) is 21.7 Å². The largest absolute Gasteiger partial charge is 0.486 e. The molecule has 2 aromatic carbocycles. The number of thiazole rings is 1. The molecule has 0 unspecified atom stereocenters. The predicted octanol–water partition coefficient (Wildman–Crippen LogP) is 7.22. The molecular weight excluding hydrogens is 515 g/mol. The van der Waals surface area contributed by atoms with E-state index < -0.39 is 0 Å². The van der Waals surface area contributed by atoms with Crippen LogP contribution >= 0.6 is 45.9 Å². The van der Waals surface area contributed by atoms with E-state index in [2.05, 4.69) is 15.1 Å². The van der Waals surface area contributed by atoms with Crippen molar-refractivity contribution in [3.05, 3.63) is 69.8 Å². The summed E-state index contributed by atoms with van der Waals surface area (Å²) in [4.78, 5) is 9.97. The van der Waals surface area contributed by atoms with Gasteiger partial charge in [-0.15, -0.1) is 16.4 Å². The number of methoxy groups -OCH3 is 1. The van der Waals surface area contributed by atoms with Crippen LogP contribution in [0.1, 0.15) is 5.69 Å². The van der Waals surface area contributed by atoms with E-state index in [0.29, 0.717) is 49.6 Å². The van der Waals surface area contributed by atoms with Crippen molar-refractivity contribution in [2.75, 3.05) is 7.11 Å². The lowest BCUT2D eigenvalue weighted by molar-refractivity contribution is 0.306. The fraction of sp³-hybridized carbons (Fsp3) is 0.0870. The number of aromatic nitrogens is 4. The third-order valence-corrected chi connectivity index (χ3v) is 7.33. The lowest BCUT2D eigenvalue weighted by Crippen LogP contribution is -1.96. The van der Waals surface area contributed by atoms with E-state index >= 15 is 0 Å². The second-order valence-electron chi connectivity index (χ2n) is 7.29. The molecule has 34 heavy (non-hydrogen) atoms. The second kappa shape index (κ2) is 8.59. The van der Waals surface area contributed by atoms with Gasteiger partial charge in [0.2, 0.25) is 4.96 Å². The highest BCUT2D eigenvalue weighted by molar-refractivity contribution is 7.18. The van der Waals surface area contributed by atoms with Crippen LogP contribution in [-0.2, 0) is 6.61 Å². The van der Waals surface area contributed by atoms with Crippen molar-refractivity contribution in [3.63, 3.8) is 0 Å². The Morgan fingerprint density at radius 1 is 1.06 bits per heavy atom. The van der Waals surface area contributed by atoms with Crippen LogP contribution in [0.25, 0.3) is 38.0 Å². The summed E-state index contributed by atoms with van der Waals surface area (Å²) in [5.74, 6) is 1.21. The minimum absolute atomic E-state index is 0.296. The molecule has 0 saturated heterocycles. The maximum atomic E-state index is 6.33. The highest BCUT2D eigenvalue weighted by Crippen LogP contribution is 2.37. The van der Waals surface area contributed by atoms with Gasteiger partial charge in [-0.1, -0.05) is 35.3 Å². The van der Waals surface area contributed by atoms with Gasteiger partial charge in [-0.2, -0.15) is 0 Å². The number of fused-ring (bicyclic) bond motifs is 2. The zero-order chi connectivity index (χ0) is 23.2. The molecular formula is C23H14Cl2N4O3S2. The molecule has 0 fully saturated rings. The summed E-state index contributed by atoms with van der Waals surface area (Å²) in [6.45, 7) is 0.296. The third-order valence-electron chi connectivity index (χ3n) is 5.03. The van der Waals surface area contributed by atoms with Crippen molar-refractivity contribution in [2.45, 2.75) is 6.61 Å². The van der Waals surface area contributed by atoms with Crippen LogP contribution in [0.4, 0.5) is 0 Å². The van der Waals surface area contributed by atoms with Crippen LogP contribution in [0.3, 0.4) is 0 Å². The quantitative estimate of drug-likeness (QED) is 0.227. The Kier molecular flexibility index (Phi) is 5.41. The normalized spacial score (nSPS) is 11.5. The van der Waals surface area contributed by atoms with Gasteiger partial charge in [0.1, 0.15) is 28.6 Å². The van der Waals surface area contributed by atoms with Crippen LogP contribution in [0.5, 0.6) is 10.9 Å². The molecule has 6 aromatic rings. The molecule has 0 aliphatic heterocycles. The van der Waals surface area contributed by atoms with Gasteiger partial charge in [-0.3, -0.25) is 0 Å². The van der Waals surface area contributed by atoms with Crippen molar-refractivity contribution >= 4 is 61.8 Å². The number of halogens is 2. The summed E-state index contributed by atoms with van der Waals surface area (Å²) in [5.41, 5.74) is 3.10. The van der Waals surface area contributed by atoms with E-state index in [1.54, 1.807) is 41.3 Å². The molecule has 0 aliphatic rings. The summed E-state index contributed by atoms with van der Waals surface area (Å²) in [6.07, 6.45) is 1.79. The van der Waals surface area contributed by atoms with Gasteiger partial charge in [0.05, 0.1) is 24.4 Å². The van der Waals surface area contributed by atoms with E-state index in [-0.39, 0.29) is 0 Å². The number of hydrogen-bond donors (Lipinski definition) is 0. The molecule has 6 rings (SSSR count). The van der Waals surface area contributed by atoms with Crippen LogP contribution < -0.4 is 9.47 Å². The minimum atomic E-state index is 0.296. The van der Waals surface area contributed by atoms with Gasteiger partial charge >= 0.3 is 0 Å². The highest BCUT2D eigenvalue weighted by atomic mass is 35.5. The number of nitrogens with zero attached hydrogens (tertiary/aromatic N) is 4. The first kappa shape index (κ1) is 21.4. The maximum absolute atomic E-state index is 6.33.